The molecule has 4 nitrogen and oxygen atoms in total. The maximum atomic E-state index is 11.8. The highest BCUT2D eigenvalue weighted by atomic mass is 35.5. The summed E-state index contributed by atoms with van der Waals surface area (Å²) in [7, 11) is 0. The van der Waals surface area contributed by atoms with E-state index in [1.54, 1.807) is 0 Å². The van der Waals surface area contributed by atoms with Gasteiger partial charge in [0.15, 0.2) is 0 Å². The Bertz CT molecular complexity index is 428. The van der Waals surface area contributed by atoms with Gasteiger partial charge in [-0.25, -0.2) is 0 Å². The standard InChI is InChI=1S/C16H24N2O2.ClH/c1-12(10-17)16(19)18-11-14-8-5-9-20-15(14)13-6-3-2-4-7-13;/h2-4,6-7,12,14-15H,5,8-11,17H2,1H3,(H,18,19);1H. The van der Waals surface area contributed by atoms with Gasteiger partial charge in [-0.2, -0.15) is 0 Å². The minimum absolute atomic E-state index is 0. The Labute approximate surface area is 132 Å². The highest BCUT2D eigenvalue weighted by Crippen LogP contribution is 2.33. The zero-order valence-corrected chi connectivity index (χ0v) is 13.3. The van der Waals surface area contributed by atoms with Crippen LogP contribution in [0.5, 0.6) is 0 Å². The van der Waals surface area contributed by atoms with Gasteiger partial charge >= 0.3 is 0 Å². The van der Waals surface area contributed by atoms with Crippen molar-refractivity contribution in [2.45, 2.75) is 25.9 Å². The number of carbonyl (C=O) groups excluding carboxylic acids is 1. The van der Waals surface area contributed by atoms with Gasteiger partial charge in [0.25, 0.3) is 0 Å². The first kappa shape index (κ1) is 18.0. The smallest absolute Gasteiger partial charge is 0.224 e. The fourth-order valence-electron chi connectivity index (χ4n) is 2.58. The first-order valence-electron chi connectivity index (χ1n) is 7.36. The van der Waals surface area contributed by atoms with Crippen molar-refractivity contribution in [1.29, 1.82) is 0 Å². The predicted octanol–water partition coefficient (Wildman–Crippen LogP) is 2.29. The van der Waals surface area contributed by atoms with Gasteiger partial charge in [-0.3, -0.25) is 4.79 Å². The number of rotatable bonds is 5. The van der Waals surface area contributed by atoms with E-state index in [-0.39, 0.29) is 30.3 Å². The summed E-state index contributed by atoms with van der Waals surface area (Å²) in [6, 6.07) is 10.2. The number of hydrogen-bond acceptors (Lipinski definition) is 3. The number of nitrogens with two attached hydrogens (primary N) is 1. The summed E-state index contributed by atoms with van der Waals surface area (Å²) in [6.45, 7) is 3.68. The van der Waals surface area contributed by atoms with Crippen LogP contribution in [-0.4, -0.2) is 25.6 Å². The van der Waals surface area contributed by atoms with Crippen LogP contribution >= 0.6 is 12.4 Å². The number of nitrogens with one attached hydrogen (secondary N) is 1. The van der Waals surface area contributed by atoms with Gasteiger partial charge in [0.1, 0.15) is 0 Å². The van der Waals surface area contributed by atoms with Gasteiger partial charge in [0.2, 0.25) is 5.91 Å². The Balaban J connectivity index is 0.00000220. The molecular formula is C16H25ClN2O2. The molecule has 0 aliphatic carbocycles. The van der Waals surface area contributed by atoms with Crippen molar-refractivity contribution in [3.05, 3.63) is 35.9 Å². The number of amides is 1. The fourth-order valence-corrected chi connectivity index (χ4v) is 2.58. The molecule has 118 valence electrons. The van der Waals surface area contributed by atoms with E-state index in [4.69, 9.17) is 10.5 Å². The van der Waals surface area contributed by atoms with Gasteiger partial charge < -0.3 is 15.8 Å². The van der Waals surface area contributed by atoms with Crippen molar-refractivity contribution >= 4 is 18.3 Å². The van der Waals surface area contributed by atoms with Gasteiger partial charge in [0.05, 0.1) is 6.10 Å². The molecule has 1 aliphatic rings. The van der Waals surface area contributed by atoms with Crippen LogP contribution in [0.4, 0.5) is 0 Å². The van der Waals surface area contributed by atoms with Crippen LogP contribution in [0, 0.1) is 11.8 Å². The van der Waals surface area contributed by atoms with E-state index in [2.05, 4.69) is 17.4 Å². The molecule has 5 heteroatoms. The quantitative estimate of drug-likeness (QED) is 0.876. The minimum Gasteiger partial charge on any atom is -0.373 e. The van der Waals surface area contributed by atoms with Gasteiger partial charge in [0, 0.05) is 31.5 Å². The Hall–Kier alpha value is -1.10. The molecule has 1 aliphatic heterocycles. The Morgan fingerprint density at radius 3 is 2.81 bits per heavy atom. The molecule has 0 spiro atoms. The molecule has 1 aromatic carbocycles. The summed E-state index contributed by atoms with van der Waals surface area (Å²) in [5.41, 5.74) is 6.71. The highest BCUT2D eigenvalue weighted by molar-refractivity contribution is 5.85. The molecule has 0 bridgehead atoms. The number of ether oxygens (including phenoxy) is 1. The Kier molecular flexibility index (Phi) is 7.72. The molecule has 0 aromatic heterocycles. The highest BCUT2D eigenvalue weighted by Gasteiger charge is 2.27. The van der Waals surface area contributed by atoms with E-state index in [1.807, 2.05) is 25.1 Å². The zero-order valence-electron chi connectivity index (χ0n) is 12.5. The lowest BCUT2D eigenvalue weighted by Gasteiger charge is -2.32. The van der Waals surface area contributed by atoms with Gasteiger partial charge in [-0.15, -0.1) is 12.4 Å². The number of hydrogen-bond donors (Lipinski definition) is 2. The third kappa shape index (κ3) is 4.99. The second-order valence-corrected chi connectivity index (χ2v) is 5.49. The molecule has 0 radical (unpaired) electrons. The van der Waals surface area contributed by atoms with Crippen molar-refractivity contribution in [2.75, 3.05) is 19.7 Å². The average molecular weight is 313 g/mol. The lowest BCUT2D eigenvalue weighted by Crippen LogP contribution is -2.39. The second-order valence-electron chi connectivity index (χ2n) is 5.49. The monoisotopic (exact) mass is 312 g/mol. The van der Waals surface area contributed by atoms with E-state index >= 15 is 0 Å². The first-order valence-corrected chi connectivity index (χ1v) is 7.36. The van der Waals surface area contributed by atoms with Crippen molar-refractivity contribution in [1.82, 2.24) is 5.32 Å². The minimum atomic E-state index is -0.130. The fraction of sp³-hybridized carbons (Fsp3) is 0.562. The summed E-state index contributed by atoms with van der Waals surface area (Å²) in [4.78, 5) is 11.8. The van der Waals surface area contributed by atoms with Crippen molar-refractivity contribution < 1.29 is 9.53 Å². The normalized spacial score (nSPS) is 23.0. The molecule has 3 N–H and O–H groups in total. The maximum absolute atomic E-state index is 11.8. The van der Waals surface area contributed by atoms with Crippen molar-refractivity contribution in [3.8, 4) is 0 Å². The van der Waals surface area contributed by atoms with Crippen LogP contribution in [0.3, 0.4) is 0 Å². The predicted molar refractivity (Wildman–Crippen MR) is 86.3 cm³/mol. The summed E-state index contributed by atoms with van der Waals surface area (Å²) < 4.78 is 5.92. The lowest BCUT2D eigenvalue weighted by atomic mass is 9.89. The zero-order chi connectivity index (χ0) is 14.4. The van der Waals surface area contributed by atoms with Crippen molar-refractivity contribution in [3.63, 3.8) is 0 Å². The van der Waals surface area contributed by atoms with Crippen LogP contribution in [0.25, 0.3) is 0 Å². The van der Waals surface area contributed by atoms with Gasteiger partial charge in [-0.05, 0) is 18.4 Å². The molecule has 1 amide bonds. The molecule has 2 rings (SSSR count). The summed E-state index contributed by atoms with van der Waals surface area (Å²) in [5.74, 6) is 0.236. The first-order chi connectivity index (χ1) is 9.72. The summed E-state index contributed by atoms with van der Waals surface area (Å²) >= 11 is 0. The largest absolute Gasteiger partial charge is 0.373 e. The molecular weight excluding hydrogens is 288 g/mol. The molecule has 1 saturated heterocycles. The molecule has 1 heterocycles. The third-order valence-electron chi connectivity index (χ3n) is 3.91. The SMILES string of the molecule is CC(CN)C(=O)NCC1CCCOC1c1ccccc1.Cl. The Morgan fingerprint density at radius 1 is 1.43 bits per heavy atom. The number of halogens is 1. The summed E-state index contributed by atoms with van der Waals surface area (Å²) in [5, 5.41) is 3.00. The molecule has 1 aromatic rings. The second kappa shape index (κ2) is 9.03. The number of carbonyl (C=O) groups is 1. The molecule has 3 unspecified atom stereocenters. The molecule has 1 fully saturated rings. The van der Waals surface area contributed by atoms with E-state index in [0.717, 1.165) is 19.4 Å². The third-order valence-corrected chi connectivity index (χ3v) is 3.91. The molecule has 3 atom stereocenters. The van der Waals surface area contributed by atoms with E-state index in [9.17, 15) is 4.79 Å². The summed E-state index contributed by atoms with van der Waals surface area (Å²) in [6.07, 6.45) is 2.21. The van der Waals surface area contributed by atoms with E-state index < -0.39 is 0 Å². The maximum Gasteiger partial charge on any atom is 0.224 e. The van der Waals surface area contributed by atoms with Crippen LogP contribution in [0.1, 0.15) is 31.4 Å². The lowest BCUT2D eigenvalue weighted by molar-refractivity contribution is -0.125. The van der Waals surface area contributed by atoms with E-state index in [1.165, 1.54) is 5.56 Å². The van der Waals surface area contributed by atoms with Gasteiger partial charge in [-0.1, -0.05) is 37.3 Å². The van der Waals surface area contributed by atoms with Crippen LogP contribution in [0.2, 0.25) is 0 Å². The molecule has 21 heavy (non-hydrogen) atoms. The molecule has 0 saturated carbocycles. The van der Waals surface area contributed by atoms with Crippen LogP contribution in [0.15, 0.2) is 30.3 Å². The van der Waals surface area contributed by atoms with Crippen LogP contribution < -0.4 is 11.1 Å². The topological polar surface area (TPSA) is 64.4 Å². The van der Waals surface area contributed by atoms with Crippen LogP contribution in [-0.2, 0) is 9.53 Å². The number of benzene rings is 1. The van der Waals surface area contributed by atoms with Crippen molar-refractivity contribution in [2.24, 2.45) is 17.6 Å². The van der Waals surface area contributed by atoms with E-state index in [0.29, 0.717) is 19.0 Å². The average Bonchev–Trinajstić information content (AvgIpc) is 2.53. The Morgan fingerprint density at radius 2 is 2.14 bits per heavy atom.